The molecule has 2 rings (SSSR count). The summed E-state index contributed by atoms with van der Waals surface area (Å²) in [5, 5.41) is 17.9. The first-order valence-electron chi connectivity index (χ1n) is 5.38. The van der Waals surface area contributed by atoms with E-state index in [0.29, 0.717) is 16.9 Å². The first-order valence-corrected chi connectivity index (χ1v) is 5.76. The second-order valence-electron chi connectivity index (χ2n) is 3.82. The molecule has 0 aliphatic heterocycles. The Hall–Kier alpha value is -2.56. The molecule has 0 atom stereocenters. The van der Waals surface area contributed by atoms with Crippen molar-refractivity contribution in [2.45, 2.75) is 6.92 Å². The second kappa shape index (κ2) is 5.39. The number of aryl methyl sites for hydroxylation is 1. The summed E-state index contributed by atoms with van der Waals surface area (Å²) in [4.78, 5) is 3.98. The predicted octanol–water partition coefficient (Wildman–Crippen LogP) is 3.58. The van der Waals surface area contributed by atoms with Crippen LogP contribution in [0.25, 0.3) is 0 Å². The summed E-state index contributed by atoms with van der Waals surface area (Å²) in [5.74, 6) is 0.736. The molecule has 19 heavy (non-hydrogen) atoms. The van der Waals surface area contributed by atoms with Crippen LogP contribution in [0.5, 0.6) is 11.6 Å². The first kappa shape index (κ1) is 12.9. The zero-order chi connectivity index (χ0) is 13.8. The van der Waals surface area contributed by atoms with Gasteiger partial charge in [-0.1, -0.05) is 17.7 Å². The minimum atomic E-state index is 0.183. The third kappa shape index (κ3) is 3.01. The molecule has 2 aromatic rings. The highest BCUT2D eigenvalue weighted by atomic mass is 35.5. The normalized spacial score (nSPS) is 9.47. The maximum atomic E-state index is 8.86. The van der Waals surface area contributed by atoms with Crippen LogP contribution in [-0.4, -0.2) is 4.98 Å². The molecule has 0 aliphatic carbocycles. The molecule has 0 bridgehead atoms. The molecule has 5 heteroatoms. The molecular formula is C14H8ClN3O. The highest BCUT2D eigenvalue weighted by Gasteiger charge is 2.07. The van der Waals surface area contributed by atoms with Gasteiger partial charge >= 0.3 is 0 Å². The Bertz CT molecular complexity index is 714. The molecule has 0 N–H and O–H groups in total. The van der Waals surface area contributed by atoms with Crippen LogP contribution in [0.4, 0.5) is 0 Å². The van der Waals surface area contributed by atoms with Crippen molar-refractivity contribution in [3.63, 3.8) is 0 Å². The smallest absolute Gasteiger partial charge is 0.221 e. The number of benzene rings is 1. The number of rotatable bonds is 2. The second-order valence-corrected chi connectivity index (χ2v) is 4.21. The zero-order valence-corrected chi connectivity index (χ0v) is 10.8. The summed E-state index contributed by atoms with van der Waals surface area (Å²) in [6, 6.07) is 12.1. The number of hydrogen-bond acceptors (Lipinski definition) is 4. The number of ether oxygens (including phenoxy) is 1. The third-order valence-electron chi connectivity index (χ3n) is 2.43. The van der Waals surface area contributed by atoms with Crippen LogP contribution in [0.2, 0.25) is 5.15 Å². The van der Waals surface area contributed by atoms with Gasteiger partial charge in [0.2, 0.25) is 5.88 Å². The SMILES string of the molecule is Cc1ccc(C#N)cc1Oc1cc(C#N)cc(Cl)n1. The molecule has 0 aliphatic rings. The van der Waals surface area contributed by atoms with Crippen LogP contribution in [0.3, 0.4) is 0 Å². The van der Waals surface area contributed by atoms with Gasteiger partial charge in [-0.15, -0.1) is 0 Å². The monoisotopic (exact) mass is 269 g/mol. The number of hydrogen-bond donors (Lipinski definition) is 0. The van der Waals surface area contributed by atoms with E-state index in [2.05, 4.69) is 4.98 Å². The quantitative estimate of drug-likeness (QED) is 0.781. The number of halogens is 1. The van der Waals surface area contributed by atoms with E-state index in [1.807, 2.05) is 19.1 Å². The van der Waals surface area contributed by atoms with Crippen LogP contribution < -0.4 is 4.74 Å². The van der Waals surface area contributed by atoms with Crippen LogP contribution in [0.15, 0.2) is 30.3 Å². The summed E-state index contributed by atoms with van der Waals surface area (Å²) < 4.78 is 5.58. The minimum absolute atomic E-state index is 0.183. The third-order valence-corrected chi connectivity index (χ3v) is 2.63. The van der Waals surface area contributed by atoms with E-state index >= 15 is 0 Å². The number of nitriles is 2. The predicted molar refractivity (Wildman–Crippen MR) is 69.9 cm³/mol. The largest absolute Gasteiger partial charge is 0.439 e. The molecule has 0 spiro atoms. The lowest BCUT2D eigenvalue weighted by molar-refractivity contribution is 0.459. The van der Waals surface area contributed by atoms with Crippen molar-refractivity contribution in [3.8, 4) is 23.8 Å². The average Bonchev–Trinajstić information content (AvgIpc) is 2.40. The number of aromatic nitrogens is 1. The van der Waals surface area contributed by atoms with Crippen molar-refractivity contribution in [2.75, 3.05) is 0 Å². The van der Waals surface area contributed by atoms with Crippen molar-refractivity contribution in [2.24, 2.45) is 0 Å². The van der Waals surface area contributed by atoms with Gasteiger partial charge in [-0.3, -0.25) is 0 Å². The fourth-order valence-corrected chi connectivity index (χ4v) is 1.68. The molecule has 92 valence electrons. The van der Waals surface area contributed by atoms with E-state index in [4.69, 9.17) is 26.9 Å². The maximum absolute atomic E-state index is 8.86. The number of nitrogens with zero attached hydrogens (tertiary/aromatic N) is 3. The van der Waals surface area contributed by atoms with E-state index in [9.17, 15) is 0 Å². The van der Waals surface area contributed by atoms with E-state index in [1.54, 1.807) is 18.2 Å². The van der Waals surface area contributed by atoms with Crippen LogP contribution in [-0.2, 0) is 0 Å². The molecule has 0 unspecified atom stereocenters. The van der Waals surface area contributed by atoms with E-state index in [-0.39, 0.29) is 11.0 Å². The lowest BCUT2D eigenvalue weighted by Gasteiger charge is -2.08. The van der Waals surface area contributed by atoms with Gasteiger partial charge in [-0.2, -0.15) is 10.5 Å². The standard InChI is InChI=1S/C14H8ClN3O/c1-9-2-3-10(7-16)4-12(9)19-14-6-11(8-17)5-13(15)18-14/h2-6H,1H3. The van der Waals surface area contributed by atoms with Crippen LogP contribution >= 0.6 is 11.6 Å². The minimum Gasteiger partial charge on any atom is -0.439 e. The topological polar surface area (TPSA) is 69.7 Å². The van der Waals surface area contributed by atoms with Crippen LogP contribution in [0.1, 0.15) is 16.7 Å². The summed E-state index contributed by atoms with van der Waals surface area (Å²) in [6.45, 7) is 1.85. The van der Waals surface area contributed by atoms with Gasteiger partial charge in [0.05, 0.1) is 23.3 Å². The molecule has 1 aromatic heterocycles. The lowest BCUT2D eigenvalue weighted by atomic mass is 10.1. The van der Waals surface area contributed by atoms with Gasteiger partial charge in [0.1, 0.15) is 10.9 Å². The van der Waals surface area contributed by atoms with E-state index in [1.165, 1.54) is 12.1 Å². The van der Waals surface area contributed by atoms with Crippen LogP contribution in [0, 0.1) is 29.6 Å². The number of pyridine rings is 1. The maximum Gasteiger partial charge on any atom is 0.221 e. The van der Waals surface area contributed by atoms with Gasteiger partial charge < -0.3 is 4.74 Å². The molecule has 0 radical (unpaired) electrons. The molecule has 1 heterocycles. The molecule has 4 nitrogen and oxygen atoms in total. The van der Waals surface area contributed by atoms with Crippen molar-refractivity contribution in [1.82, 2.24) is 4.98 Å². The van der Waals surface area contributed by atoms with E-state index in [0.717, 1.165) is 5.56 Å². The Morgan fingerprint density at radius 2 is 1.84 bits per heavy atom. The van der Waals surface area contributed by atoms with E-state index < -0.39 is 0 Å². The van der Waals surface area contributed by atoms with Gasteiger partial charge in [-0.25, -0.2) is 4.98 Å². The molecule has 0 fully saturated rings. The zero-order valence-electron chi connectivity index (χ0n) is 10.0. The highest BCUT2D eigenvalue weighted by Crippen LogP contribution is 2.26. The summed E-state index contributed by atoms with van der Waals surface area (Å²) >= 11 is 5.80. The molecule has 0 amide bonds. The fourth-order valence-electron chi connectivity index (χ4n) is 1.48. The van der Waals surface area contributed by atoms with Gasteiger partial charge in [0.15, 0.2) is 0 Å². The summed E-state index contributed by atoms with van der Waals surface area (Å²) in [6.07, 6.45) is 0. The Kier molecular flexibility index (Phi) is 3.66. The average molecular weight is 270 g/mol. The Morgan fingerprint density at radius 1 is 1.11 bits per heavy atom. The Morgan fingerprint density at radius 3 is 2.53 bits per heavy atom. The highest BCUT2D eigenvalue weighted by molar-refractivity contribution is 6.29. The Balaban J connectivity index is 2.39. The van der Waals surface area contributed by atoms with Gasteiger partial charge in [0, 0.05) is 6.07 Å². The van der Waals surface area contributed by atoms with Gasteiger partial charge in [-0.05, 0) is 30.7 Å². The lowest BCUT2D eigenvalue weighted by Crippen LogP contribution is -1.92. The molecule has 1 aromatic carbocycles. The summed E-state index contributed by atoms with van der Waals surface area (Å²) in [5.41, 5.74) is 1.71. The van der Waals surface area contributed by atoms with Crippen molar-refractivity contribution in [1.29, 1.82) is 10.5 Å². The van der Waals surface area contributed by atoms with Crippen molar-refractivity contribution < 1.29 is 4.74 Å². The van der Waals surface area contributed by atoms with Crippen molar-refractivity contribution in [3.05, 3.63) is 52.2 Å². The summed E-state index contributed by atoms with van der Waals surface area (Å²) in [7, 11) is 0. The molecule has 0 saturated heterocycles. The molecular weight excluding hydrogens is 262 g/mol. The fraction of sp³-hybridized carbons (Fsp3) is 0.0714. The van der Waals surface area contributed by atoms with Gasteiger partial charge in [0.25, 0.3) is 0 Å². The first-order chi connectivity index (χ1) is 9.12. The van der Waals surface area contributed by atoms with Crippen molar-refractivity contribution >= 4 is 11.6 Å². The molecule has 0 saturated carbocycles. The Labute approximate surface area is 115 Å².